The summed E-state index contributed by atoms with van der Waals surface area (Å²) in [4.78, 5) is 11.1. The molecule has 1 aliphatic heterocycles. The average Bonchev–Trinajstić information content (AvgIpc) is 3.14. The zero-order valence-electron chi connectivity index (χ0n) is 13.5. The Bertz CT molecular complexity index is 764. The standard InChI is InChI=1S/C19H20N4O/c1-2-4-15(5-3-1)14-23-12-8-17(9-13-23)19-21-18(22-24-19)16-6-10-20-11-7-16/h1-7,10-11,17H,8-9,12-14H2. The summed E-state index contributed by atoms with van der Waals surface area (Å²) >= 11 is 0. The minimum atomic E-state index is 0.361. The lowest BCUT2D eigenvalue weighted by atomic mass is 9.96. The largest absolute Gasteiger partial charge is 0.339 e. The number of hydrogen-bond acceptors (Lipinski definition) is 5. The van der Waals surface area contributed by atoms with Crippen molar-refractivity contribution in [2.24, 2.45) is 0 Å². The first-order valence-electron chi connectivity index (χ1n) is 8.39. The molecule has 5 heteroatoms. The Hall–Kier alpha value is -2.53. The van der Waals surface area contributed by atoms with Crippen LogP contribution in [0, 0.1) is 0 Å². The third-order valence-corrected chi connectivity index (χ3v) is 4.57. The van der Waals surface area contributed by atoms with Gasteiger partial charge >= 0.3 is 0 Å². The zero-order chi connectivity index (χ0) is 16.2. The van der Waals surface area contributed by atoms with Crippen LogP contribution in [0.1, 0.15) is 30.2 Å². The van der Waals surface area contributed by atoms with Crippen LogP contribution in [-0.2, 0) is 6.54 Å². The predicted octanol–water partition coefficient (Wildman–Crippen LogP) is 3.51. The van der Waals surface area contributed by atoms with Crippen LogP contribution in [0.2, 0.25) is 0 Å². The second kappa shape index (κ2) is 6.93. The normalized spacial score (nSPS) is 16.3. The lowest BCUT2D eigenvalue weighted by molar-refractivity contribution is 0.187. The highest BCUT2D eigenvalue weighted by atomic mass is 16.5. The monoisotopic (exact) mass is 320 g/mol. The summed E-state index contributed by atoms with van der Waals surface area (Å²) in [7, 11) is 0. The molecule has 2 aromatic heterocycles. The molecular formula is C19H20N4O. The zero-order valence-corrected chi connectivity index (χ0v) is 13.5. The van der Waals surface area contributed by atoms with Crippen molar-refractivity contribution < 1.29 is 4.52 Å². The van der Waals surface area contributed by atoms with Crippen LogP contribution in [0.5, 0.6) is 0 Å². The molecule has 0 unspecified atom stereocenters. The van der Waals surface area contributed by atoms with E-state index in [0.717, 1.165) is 43.9 Å². The van der Waals surface area contributed by atoms with Crippen LogP contribution in [0.4, 0.5) is 0 Å². The molecule has 0 radical (unpaired) electrons. The molecule has 24 heavy (non-hydrogen) atoms. The van der Waals surface area contributed by atoms with E-state index in [1.54, 1.807) is 12.4 Å². The average molecular weight is 320 g/mol. The Balaban J connectivity index is 1.37. The molecule has 1 saturated heterocycles. The van der Waals surface area contributed by atoms with Crippen molar-refractivity contribution in [3.8, 4) is 11.4 Å². The Morgan fingerprint density at radius 2 is 1.75 bits per heavy atom. The molecule has 0 spiro atoms. The van der Waals surface area contributed by atoms with Gasteiger partial charge in [-0.2, -0.15) is 4.98 Å². The third kappa shape index (κ3) is 3.36. The van der Waals surface area contributed by atoms with E-state index in [1.165, 1.54) is 5.56 Å². The van der Waals surface area contributed by atoms with Crippen LogP contribution in [0.25, 0.3) is 11.4 Å². The number of nitrogens with zero attached hydrogens (tertiary/aromatic N) is 4. The lowest BCUT2D eigenvalue weighted by Crippen LogP contribution is -2.32. The van der Waals surface area contributed by atoms with Crippen LogP contribution in [0.15, 0.2) is 59.4 Å². The van der Waals surface area contributed by atoms with Crippen molar-refractivity contribution in [2.45, 2.75) is 25.3 Å². The molecule has 1 aromatic carbocycles. The van der Waals surface area contributed by atoms with E-state index < -0.39 is 0 Å². The first kappa shape index (κ1) is 15.0. The minimum Gasteiger partial charge on any atom is -0.339 e. The van der Waals surface area contributed by atoms with E-state index in [-0.39, 0.29) is 0 Å². The van der Waals surface area contributed by atoms with Crippen LogP contribution >= 0.6 is 0 Å². The SMILES string of the molecule is c1ccc(CN2CCC(c3nc(-c4ccncc4)no3)CC2)cc1. The van der Waals surface area contributed by atoms with Gasteiger partial charge in [-0.1, -0.05) is 35.5 Å². The second-order valence-corrected chi connectivity index (χ2v) is 6.23. The molecule has 0 bridgehead atoms. The number of likely N-dealkylation sites (tertiary alicyclic amines) is 1. The van der Waals surface area contributed by atoms with Crippen LogP contribution in [-0.4, -0.2) is 33.1 Å². The van der Waals surface area contributed by atoms with E-state index in [0.29, 0.717) is 11.7 Å². The van der Waals surface area contributed by atoms with Gasteiger partial charge in [-0.05, 0) is 43.6 Å². The first-order valence-corrected chi connectivity index (χ1v) is 8.39. The van der Waals surface area contributed by atoms with E-state index in [4.69, 9.17) is 4.52 Å². The third-order valence-electron chi connectivity index (χ3n) is 4.57. The summed E-state index contributed by atoms with van der Waals surface area (Å²) in [6.45, 7) is 3.14. The molecule has 122 valence electrons. The van der Waals surface area contributed by atoms with Crippen molar-refractivity contribution in [3.05, 3.63) is 66.3 Å². The van der Waals surface area contributed by atoms with Crippen molar-refractivity contribution in [1.82, 2.24) is 20.0 Å². The molecule has 4 rings (SSSR count). The predicted molar refractivity (Wildman–Crippen MR) is 91.2 cm³/mol. The van der Waals surface area contributed by atoms with Gasteiger partial charge in [0.1, 0.15) is 0 Å². The summed E-state index contributed by atoms with van der Waals surface area (Å²) in [5.74, 6) is 1.78. The fourth-order valence-corrected chi connectivity index (χ4v) is 3.20. The summed E-state index contributed by atoms with van der Waals surface area (Å²) in [6, 6.07) is 14.4. The van der Waals surface area contributed by atoms with Crippen molar-refractivity contribution in [2.75, 3.05) is 13.1 Å². The van der Waals surface area contributed by atoms with Gasteiger partial charge in [0.15, 0.2) is 0 Å². The molecule has 0 N–H and O–H groups in total. The fourth-order valence-electron chi connectivity index (χ4n) is 3.20. The molecular weight excluding hydrogens is 300 g/mol. The Morgan fingerprint density at radius 3 is 2.50 bits per heavy atom. The van der Waals surface area contributed by atoms with E-state index in [1.807, 2.05) is 12.1 Å². The molecule has 0 atom stereocenters. The molecule has 0 amide bonds. The summed E-state index contributed by atoms with van der Waals surface area (Å²) in [5, 5.41) is 4.12. The van der Waals surface area contributed by atoms with Gasteiger partial charge in [0.2, 0.25) is 11.7 Å². The Labute approximate surface area is 141 Å². The maximum absolute atomic E-state index is 5.51. The molecule has 3 heterocycles. The van der Waals surface area contributed by atoms with Crippen molar-refractivity contribution in [1.29, 1.82) is 0 Å². The number of pyridine rings is 1. The molecule has 0 aliphatic carbocycles. The molecule has 3 aromatic rings. The highest BCUT2D eigenvalue weighted by Gasteiger charge is 2.25. The van der Waals surface area contributed by atoms with Crippen LogP contribution < -0.4 is 0 Å². The first-order chi connectivity index (χ1) is 11.9. The Kier molecular flexibility index (Phi) is 4.34. The summed E-state index contributed by atoms with van der Waals surface area (Å²) < 4.78 is 5.51. The van der Waals surface area contributed by atoms with Crippen molar-refractivity contribution >= 4 is 0 Å². The van der Waals surface area contributed by atoms with E-state index in [2.05, 4.69) is 50.4 Å². The molecule has 0 saturated carbocycles. The van der Waals surface area contributed by atoms with Crippen molar-refractivity contribution in [3.63, 3.8) is 0 Å². The summed E-state index contributed by atoms with van der Waals surface area (Å²) in [6.07, 6.45) is 5.61. The number of benzene rings is 1. The quantitative estimate of drug-likeness (QED) is 0.736. The van der Waals surface area contributed by atoms with E-state index in [9.17, 15) is 0 Å². The fraction of sp³-hybridized carbons (Fsp3) is 0.316. The van der Waals surface area contributed by atoms with E-state index >= 15 is 0 Å². The topological polar surface area (TPSA) is 55.1 Å². The lowest BCUT2D eigenvalue weighted by Gasteiger charge is -2.30. The molecule has 5 nitrogen and oxygen atoms in total. The molecule has 1 fully saturated rings. The van der Waals surface area contributed by atoms with Gasteiger partial charge < -0.3 is 4.52 Å². The highest BCUT2D eigenvalue weighted by Crippen LogP contribution is 2.29. The highest BCUT2D eigenvalue weighted by molar-refractivity contribution is 5.52. The number of aromatic nitrogens is 3. The van der Waals surface area contributed by atoms with Gasteiger partial charge in [0.25, 0.3) is 0 Å². The number of hydrogen-bond donors (Lipinski definition) is 0. The summed E-state index contributed by atoms with van der Waals surface area (Å²) in [5.41, 5.74) is 2.32. The maximum Gasteiger partial charge on any atom is 0.230 e. The second-order valence-electron chi connectivity index (χ2n) is 6.23. The Morgan fingerprint density at radius 1 is 1.00 bits per heavy atom. The van der Waals surface area contributed by atoms with Gasteiger partial charge in [-0.15, -0.1) is 0 Å². The minimum absolute atomic E-state index is 0.361. The van der Waals surface area contributed by atoms with Gasteiger partial charge in [-0.25, -0.2) is 0 Å². The number of piperidine rings is 1. The van der Waals surface area contributed by atoms with Gasteiger partial charge in [0, 0.05) is 30.4 Å². The van der Waals surface area contributed by atoms with Gasteiger partial charge in [-0.3, -0.25) is 9.88 Å². The molecule has 1 aliphatic rings. The maximum atomic E-state index is 5.51. The number of rotatable bonds is 4. The smallest absolute Gasteiger partial charge is 0.230 e. The van der Waals surface area contributed by atoms with Crippen LogP contribution in [0.3, 0.4) is 0 Å². The van der Waals surface area contributed by atoms with Gasteiger partial charge in [0.05, 0.1) is 0 Å².